The van der Waals surface area contributed by atoms with Crippen LogP contribution in [0.3, 0.4) is 0 Å². The van der Waals surface area contributed by atoms with Crippen molar-refractivity contribution in [1.82, 2.24) is 5.43 Å². The van der Waals surface area contributed by atoms with Gasteiger partial charge in [-0.15, -0.1) is 17.0 Å². The molecular formula is C20H37BrN2. The molecule has 1 N–H and O–H groups in total. The molecule has 0 aromatic heterocycles. The van der Waals surface area contributed by atoms with E-state index in [0.717, 1.165) is 6.54 Å². The summed E-state index contributed by atoms with van der Waals surface area (Å²) in [4.78, 5) is 0. The highest BCUT2D eigenvalue weighted by Gasteiger charge is 2.09. The van der Waals surface area contributed by atoms with Gasteiger partial charge in [0.2, 0.25) is 0 Å². The van der Waals surface area contributed by atoms with Gasteiger partial charge in [-0.3, -0.25) is 0 Å². The lowest BCUT2D eigenvalue weighted by molar-refractivity contribution is 0.586. The predicted molar refractivity (Wildman–Crippen MR) is 108 cm³/mol. The van der Waals surface area contributed by atoms with Crippen molar-refractivity contribution in [3.63, 3.8) is 0 Å². The molecule has 1 aliphatic heterocycles. The molecule has 0 saturated heterocycles. The van der Waals surface area contributed by atoms with Crippen LogP contribution in [0.5, 0.6) is 0 Å². The lowest BCUT2D eigenvalue weighted by atomic mass is 9.97. The summed E-state index contributed by atoms with van der Waals surface area (Å²) >= 11 is 0. The van der Waals surface area contributed by atoms with Crippen LogP contribution in [0.25, 0.3) is 0 Å². The number of halogens is 1. The minimum Gasteiger partial charge on any atom is -0.310 e. The zero-order chi connectivity index (χ0) is 15.3. The van der Waals surface area contributed by atoms with Gasteiger partial charge in [-0.1, -0.05) is 63.9 Å². The fourth-order valence-corrected chi connectivity index (χ4v) is 3.63. The van der Waals surface area contributed by atoms with Gasteiger partial charge in [-0.05, 0) is 50.5 Å². The molecule has 0 spiro atoms. The van der Waals surface area contributed by atoms with Gasteiger partial charge in [0.05, 0.1) is 5.71 Å². The molecule has 0 amide bonds. The van der Waals surface area contributed by atoms with Crippen LogP contribution in [0.15, 0.2) is 16.8 Å². The average Bonchev–Trinajstić information content (AvgIpc) is 2.64. The number of hydrazone groups is 1. The van der Waals surface area contributed by atoms with Crippen molar-refractivity contribution in [3.05, 3.63) is 11.6 Å². The van der Waals surface area contributed by atoms with Crippen LogP contribution >= 0.6 is 17.0 Å². The zero-order valence-electron chi connectivity index (χ0n) is 15.0. The molecule has 0 fully saturated rings. The fourth-order valence-electron chi connectivity index (χ4n) is 3.63. The normalized spacial score (nSPS) is 27.5. The Balaban J connectivity index is 0.00000264. The summed E-state index contributed by atoms with van der Waals surface area (Å²) in [7, 11) is 0. The summed E-state index contributed by atoms with van der Waals surface area (Å²) in [6.07, 6.45) is 24.2. The second-order valence-electron chi connectivity index (χ2n) is 7.08. The molecule has 0 bridgehead atoms. The Kier molecular flexibility index (Phi) is 12.7. The van der Waals surface area contributed by atoms with E-state index >= 15 is 0 Å². The standard InChI is InChI=1S/C20H36N2.BrH/c1-2-4-8-12-16-19(15-11-7-3-1)20-17-13-9-5-6-10-14-18-21-22-20;/h15,21H,1-14,16-18H2;1H/b19-15+,22-20+;. The Labute approximate surface area is 154 Å². The third-order valence-corrected chi connectivity index (χ3v) is 5.08. The van der Waals surface area contributed by atoms with Crippen molar-refractivity contribution in [3.8, 4) is 0 Å². The molecule has 0 unspecified atom stereocenters. The van der Waals surface area contributed by atoms with Gasteiger partial charge in [-0.25, -0.2) is 0 Å². The molecule has 3 heteroatoms. The molecule has 2 rings (SSSR count). The van der Waals surface area contributed by atoms with Crippen molar-refractivity contribution >= 4 is 22.7 Å². The van der Waals surface area contributed by atoms with Gasteiger partial charge in [-0.2, -0.15) is 5.10 Å². The largest absolute Gasteiger partial charge is 0.310 e. The second kappa shape index (κ2) is 14.1. The van der Waals surface area contributed by atoms with Gasteiger partial charge < -0.3 is 5.43 Å². The molecule has 23 heavy (non-hydrogen) atoms. The molecule has 0 aromatic rings. The Hall–Kier alpha value is -0.310. The first kappa shape index (κ1) is 20.7. The lowest BCUT2D eigenvalue weighted by Gasteiger charge is -2.12. The Morgan fingerprint density at radius 3 is 1.96 bits per heavy atom. The number of rotatable bonds is 1. The van der Waals surface area contributed by atoms with E-state index in [9.17, 15) is 0 Å². The first-order chi connectivity index (χ1) is 11.0. The maximum Gasteiger partial charge on any atom is 0.0631 e. The SMILES string of the molecule is Br.C1=C(/C2=N/NCCCCCCCC2)CCCCCCCCC/1. The van der Waals surface area contributed by atoms with Gasteiger partial charge in [0.15, 0.2) is 0 Å². The monoisotopic (exact) mass is 384 g/mol. The summed E-state index contributed by atoms with van der Waals surface area (Å²) in [5.41, 5.74) is 6.29. The van der Waals surface area contributed by atoms with Gasteiger partial charge >= 0.3 is 0 Å². The van der Waals surface area contributed by atoms with Crippen LogP contribution < -0.4 is 5.43 Å². The predicted octanol–water partition coefficient (Wildman–Crippen LogP) is 6.71. The van der Waals surface area contributed by atoms with Crippen molar-refractivity contribution in [2.45, 2.75) is 103 Å². The summed E-state index contributed by atoms with van der Waals surface area (Å²) < 4.78 is 0. The number of hydrogen-bond acceptors (Lipinski definition) is 2. The van der Waals surface area contributed by atoms with E-state index in [1.54, 1.807) is 5.57 Å². The van der Waals surface area contributed by atoms with Gasteiger partial charge in [0.1, 0.15) is 0 Å². The molecule has 0 saturated carbocycles. The summed E-state index contributed by atoms with van der Waals surface area (Å²) in [5.74, 6) is 0. The van der Waals surface area contributed by atoms with Crippen LogP contribution in [0.1, 0.15) is 103 Å². The quantitative estimate of drug-likeness (QED) is 0.533. The highest BCUT2D eigenvalue weighted by molar-refractivity contribution is 8.93. The molecule has 0 atom stereocenters. The average molecular weight is 385 g/mol. The van der Waals surface area contributed by atoms with E-state index in [0.29, 0.717) is 0 Å². The van der Waals surface area contributed by atoms with Crippen molar-refractivity contribution in [2.75, 3.05) is 6.54 Å². The molecule has 1 heterocycles. The summed E-state index contributed by atoms with van der Waals surface area (Å²) in [6, 6.07) is 0. The van der Waals surface area contributed by atoms with E-state index in [4.69, 9.17) is 5.10 Å². The molecule has 134 valence electrons. The molecule has 1 aliphatic carbocycles. The van der Waals surface area contributed by atoms with Crippen LogP contribution in [-0.4, -0.2) is 12.3 Å². The third kappa shape index (κ3) is 9.54. The van der Waals surface area contributed by atoms with E-state index in [2.05, 4.69) is 11.5 Å². The molecular weight excluding hydrogens is 348 g/mol. The van der Waals surface area contributed by atoms with Crippen LogP contribution in [0.2, 0.25) is 0 Å². The second-order valence-corrected chi connectivity index (χ2v) is 7.08. The highest BCUT2D eigenvalue weighted by atomic mass is 79.9. The maximum absolute atomic E-state index is 4.80. The highest BCUT2D eigenvalue weighted by Crippen LogP contribution is 2.20. The van der Waals surface area contributed by atoms with Crippen molar-refractivity contribution in [2.24, 2.45) is 5.10 Å². The first-order valence-corrected chi connectivity index (χ1v) is 9.95. The number of nitrogens with zero attached hydrogens (tertiary/aromatic N) is 1. The Bertz CT molecular complexity index is 316. The van der Waals surface area contributed by atoms with Crippen LogP contribution in [-0.2, 0) is 0 Å². The zero-order valence-corrected chi connectivity index (χ0v) is 16.7. The summed E-state index contributed by atoms with van der Waals surface area (Å²) in [6.45, 7) is 1.05. The van der Waals surface area contributed by atoms with Crippen molar-refractivity contribution in [1.29, 1.82) is 0 Å². The smallest absolute Gasteiger partial charge is 0.0631 e. The van der Waals surface area contributed by atoms with E-state index in [-0.39, 0.29) is 17.0 Å². The fraction of sp³-hybridized carbons (Fsp3) is 0.850. The van der Waals surface area contributed by atoms with Crippen LogP contribution in [0, 0.1) is 0 Å². The van der Waals surface area contributed by atoms with E-state index in [1.165, 1.54) is 108 Å². The minimum absolute atomic E-state index is 0. The molecule has 0 aromatic carbocycles. The number of nitrogens with one attached hydrogen (secondary N) is 1. The molecule has 2 aliphatic rings. The van der Waals surface area contributed by atoms with E-state index in [1.807, 2.05) is 0 Å². The van der Waals surface area contributed by atoms with Gasteiger partial charge in [0.25, 0.3) is 0 Å². The minimum atomic E-state index is 0. The summed E-state index contributed by atoms with van der Waals surface area (Å²) in [5, 5.41) is 4.80. The third-order valence-electron chi connectivity index (χ3n) is 5.08. The van der Waals surface area contributed by atoms with Gasteiger partial charge in [0, 0.05) is 6.54 Å². The number of hydrogen-bond donors (Lipinski definition) is 1. The van der Waals surface area contributed by atoms with E-state index < -0.39 is 0 Å². The Morgan fingerprint density at radius 1 is 0.652 bits per heavy atom. The lowest BCUT2D eigenvalue weighted by Crippen LogP contribution is -2.14. The molecule has 2 nitrogen and oxygen atoms in total. The van der Waals surface area contributed by atoms with Crippen LogP contribution in [0.4, 0.5) is 0 Å². The first-order valence-electron chi connectivity index (χ1n) is 9.95. The van der Waals surface area contributed by atoms with Crippen molar-refractivity contribution < 1.29 is 0 Å². The number of allylic oxidation sites excluding steroid dienone is 2. The molecule has 0 radical (unpaired) electrons. The maximum atomic E-state index is 4.80. The topological polar surface area (TPSA) is 24.4 Å². The Morgan fingerprint density at radius 2 is 1.22 bits per heavy atom.